The minimum atomic E-state index is 0.0891. The largest absolute Gasteiger partial charge is 0.381 e. The predicted octanol–water partition coefficient (Wildman–Crippen LogP) is 3.49. The summed E-state index contributed by atoms with van der Waals surface area (Å²) in [4.78, 5) is 12.4. The lowest BCUT2D eigenvalue weighted by Crippen LogP contribution is -2.38. The van der Waals surface area contributed by atoms with Gasteiger partial charge in [-0.15, -0.1) is 0 Å². The van der Waals surface area contributed by atoms with Crippen molar-refractivity contribution in [1.29, 1.82) is 0 Å². The lowest BCUT2D eigenvalue weighted by Gasteiger charge is -2.27. The zero-order chi connectivity index (χ0) is 15.2. The molecule has 21 heavy (non-hydrogen) atoms. The van der Waals surface area contributed by atoms with Gasteiger partial charge < -0.3 is 10.1 Å². The SMILES string of the molecule is CCc1ccc([C@H](NC(=O)C2CCOCC2)C(C)C)cc1. The lowest BCUT2D eigenvalue weighted by atomic mass is 9.93. The molecule has 1 amide bonds. The molecule has 1 aliphatic heterocycles. The van der Waals surface area contributed by atoms with E-state index in [0.717, 1.165) is 19.3 Å². The first kappa shape index (κ1) is 16.0. The van der Waals surface area contributed by atoms with E-state index in [2.05, 4.69) is 50.4 Å². The number of ether oxygens (including phenoxy) is 1. The number of carbonyl (C=O) groups is 1. The highest BCUT2D eigenvalue weighted by molar-refractivity contribution is 5.79. The number of rotatable bonds is 5. The third-order valence-electron chi connectivity index (χ3n) is 4.30. The summed E-state index contributed by atoms with van der Waals surface area (Å²) in [6.07, 6.45) is 2.72. The van der Waals surface area contributed by atoms with Crippen LogP contribution >= 0.6 is 0 Å². The van der Waals surface area contributed by atoms with E-state index in [1.807, 2.05) is 0 Å². The van der Waals surface area contributed by atoms with Gasteiger partial charge in [0.15, 0.2) is 0 Å². The van der Waals surface area contributed by atoms with E-state index < -0.39 is 0 Å². The maximum atomic E-state index is 12.4. The van der Waals surface area contributed by atoms with Crippen LogP contribution in [0.1, 0.15) is 50.8 Å². The molecule has 0 radical (unpaired) electrons. The Hall–Kier alpha value is -1.35. The van der Waals surface area contributed by atoms with Gasteiger partial charge in [-0.2, -0.15) is 0 Å². The predicted molar refractivity (Wildman–Crippen MR) is 85.1 cm³/mol. The summed E-state index contributed by atoms with van der Waals surface area (Å²) < 4.78 is 5.33. The van der Waals surface area contributed by atoms with Crippen LogP contribution < -0.4 is 5.32 Å². The summed E-state index contributed by atoms with van der Waals surface area (Å²) in [5.74, 6) is 0.660. The van der Waals surface area contributed by atoms with Gasteiger partial charge in [0.2, 0.25) is 5.91 Å². The fourth-order valence-corrected chi connectivity index (χ4v) is 2.83. The number of aryl methyl sites for hydroxylation is 1. The minimum absolute atomic E-state index is 0.0891. The molecule has 116 valence electrons. The van der Waals surface area contributed by atoms with Crippen LogP contribution in [0.5, 0.6) is 0 Å². The minimum Gasteiger partial charge on any atom is -0.381 e. The number of carbonyl (C=O) groups excluding carboxylic acids is 1. The Morgan fingerprint density at radius 1 is 1.24 bits per heavy atom. The summed E-state index contributed by atoms with van der Waals surface area (Å²) >= 11 is 0. The standard InChI is InChI=1S/C18H27NO2/c1-4-14-5-7-15(8-6-14)17(13(2)3)19-18(20)16-9-11-21-12-10-16/h5-8,13,16-17H,4,9-12H2,1-3H3,(H,19,20)/t17-/m1/s1. The molecule has 0 aliphatic carbocycles. The van der Waals surface area contributed by atoms with E-state index in [4.69, 9.17) is 4.74 Å². The van der Waals surface area contributed by atoms with Crippen molar-refractivity contribution >= 4 is 5.91 Å². The van der Waals surface area contributed by atoms with E-state index in [0.29, 0.717) is 19.1 Å². The second kappa shape index (κ2) is 7.60. The zero-order valence-electron chi connectivity index (χ0n) is 13.4. The molecule has 1 fully saturated rings. The molecule has 2 rings (SSSR count). The third kappa shape index (κ3) is 4.31. The van der Waals surface area contributed by atoms with Crippen molar-refractivity contribution in [2.45, 2.75) is 46.1 Å². The average Bonchev–Trinajstić information content (AvgIpc) is 2.53. The quantitative estimate of drug-likeness (QED) is 0.901. The molecule has 3 nitrogen and oxygen atoms in total. The van der Waals surface area contributed by atoms with E-state index in [1.165, 1.54) is 11.1 Å². The van der Waals surface area contributed by atoms with Crippen LogP contribution in [0.2, 0.25) is 0 Å². The summed E-state index contributed by atoms with van der Waals surface area (Å²) in [6, 6.07) is 8.70. The average molecular weight is 289 g/mol. The molecule has 0 spiro atoms. The zero-order valence-corrected chi connectivity index (χ0v) is 13.4. The molecule has 1 N–H and O–H groups in total. The van der Waals surface area contributed by atoms with Crippen LogP contribution in [0.4, 0.5) is 0 Å². The Morgan fingerprint density at radius 3 is 2.38 bits per heavy atom. The Kier molecular flexibility index (Phi) is 5.80. The third-order valence-corrected chi connectivity index (χ3v) is 4.30. The molecule has 0 aromatic heterocycles. The van der Waals surface area contributed by atoms with Gasteiger partial charge >= 0.3 is 0 Å². The molecule has 1 saturated heterocycles. The summed E-state index contributed by atoms with van der Waals surface area (Å²) in [6.45, 7) is 7.87. The summed E-state index contributed by atoms with van der Waals surface area (Å²) in [7, 11) is 0. The van der Waals surface area contributed by atoms with Gasteiger partial charge in [-0.3, -0.25) is 4.79 Å². The molecular weight excluding hydrogens is 262 g/mol. The smallest absolute Gasteiger partial charge is 0.223 e. The van der Waals surface area contributed by atoms with Gasteiger partial charge in [-0.1, -0.05) is 45.0 Å². The van der Waals surface area contributed by atoms with Crippen LogP contribution in [0.15, 0.2) is 24.3 Å². The number of nitrogens with one attached hydrogen (secondary N) is 1. The molecule has 1 aromatic rings. The summed E-state index contributed by atoms with van der Waals surface area (Å²) in [5.41, 5.74) is 2.53. The van der Waals surface area contributed by atoms with Crippen molar-refractivity contribution in [3.8, 4) is 0 Å². The van der Waals surface area contributed by atoms with Crippen LogP contribution in [-0.4, -0.2) is 19.1 Å². The number of amides is 1. The van der Waals surface area contributed by atoms with Crippen LogP contribution in [0.3, 0.4) is 0 Å². The van der Waals surface area contributed by atoms with E-state index in [9.17, 15) is 4.79 Å². The molecule has 1 aromatic carbocycles. The Balaban J connectivity index is 2.05. The lowest BCUT2D eigenvalue weighted by molar-refractivity contribution is -0.129. The molecule has 3 heteroatoms. The molecule has 0 saturated carbocycles. The fourth-order valence-electron chi connectivity index (χ4n) is 2.83. The number of benzene rings is 1. The van der Waals surface area contributed by atoms with Crippen molar-refractivity contribution in [1.82, 2.24) is 5.32 Å². The molecule has 1 atom stereocenters. The second-order valence-electron chi connectivity index (χ2n) is 6.21. The molecule has 1 heterocycles. The van der Waals surface area contributed by atoms with Gasteiger partial charge in [0.1, 0.15) is 0 Å². The molecule has 0 bridgehead atoms. The molecule has 1 aliphatic rings. The van der Waals surface area contributed by atoms with Crippen molar-refractivity contribution < 1.29 is 9.53 Å². The number of hydrogen-bond acceptors (Lipinski definition) is 2. The van der Waals surface area contributed by atoms with Crippen molar-refractivity contribution in [2.24, 2.45) is 11.8 Å². The first-order valence-corrected chi connectivity index (χ1v) is 8.08. The highest BCUT2D eigenvalue weighted by atomic mass is 16.5. The van der Waals surface area contributed by atoms with Crippen molar-refractivity contribution in [3.05, 3.63) is 35.4 Å². The fraction of sp³-hybridized carbons (Fsp3) is 0.611. The van der Waals surface area contributed by atoms with E-state index in [-0.39, 0.29) is 17.9 Å². The van der Waals surface area contributed by atoms with E-state index >= 15 is 0 Å². The highest BCUT2D eigenvalue weighted by Crippen LogP contribution is 2.24. The highest BCUT2D eigenvalue weighted by Gasteiger charge is 2.25. The molecular formula is C18H27NO2. The molecule has 0 unspecified atom stereocenters. The monoisotopic (exact) mass is 289 g/mol. The van der Waals surface area contributed by atoms with Gasteiger partial charge in [0.25, 0.3) is 0 Å². The number of hydrogen-bond donors (Lipinski definition) is 1. The van der Waals surface area contributed by atoms with Gasteiger partial charge in [-0.05, 0) is 36.3 Å². The Labute approximate surface area is 128 Å². The maximum Gasteiger partial charge on any atom is 0.223 e. The van der Waals surface area contributed by atoms with Crippen molar-refractivity contribution in [2.75, 3.05) is 13.2 Å². The van der Waals surface area contributed by atoms with Crippen molar-refractivity contribution in [3.63, 3.8) is 0 Å². The van der Waals surface area contributed by atoms with Gasteiger partial charge in [0, 0.05) is 19.1 Å². The van der Waals surface area contributed by atoms with Crippen LogP contribution in [-0.2, 0) is 16.0 Å². The van der Waals surface area contributed by atoms with E-state index in [1.54, 1.807) is 0 Å². The first-order valence-electron chi connectivity index (χ1n) is 8.08. The first-order chi connectivity index (χ1) is 10.1. The Morgan fingerprint density at radius 2 is 1.86 bits per heavy atom. The normalized spacial score (nSPS) is 17.7. The Bertz CT molecular complexity index is 447. The topological polar surface area (TPSA) is 38.3 Å². The second-order valence-corrected chi connectivity index (χ2v) is 6.21. The van der Waals surface area contributed by atoms with Gasteiger partial charge in [0.05, 0.1) is 6.04 Å². The maximum absolute atomic E-state index is 12.4. The van der Waals surface area contributed by atoms with Crippen LogP contribution in [0, 0.1) is 11.8 Å². The summed E-state index contributed by atoms with van der Waals surface area (Å²) in [5, 5.41) is 3.25. The van der Waals surface area contributed by atoms with Gasteiger partial charge in [-0.25, -0.2) is 0 Å². The van der Waals surface area contributed by atoms with Crippen LogP contribution in [0.25, 0.3) is 0 Å².